The average Bonchev–Trinajstić information content (AvgIpc) is 3.19. The Balaban J connectivity index is 1.77. The molecule has 2 heterocycles. The lowest BCUT2D eigenvalue weighted by Gasteiger charge is -2.16. The van der Waals surface area contributed by atoms with E-state index in [1.165, 1.54) is 18.9 Å². The molecule has 1 fully saturated rings. The van der Waals surface area contributed by atoms with E-state index >= 15 is 0 Å². The van der Waals surface area contributed by atoms with Gasteiger partial charge in [0.05, 0.1) is 24.1 Å². The van der Waals surface area contributed by atoms with Crippen molar-refractivity contribution >= 4 is 22.6 Å². The van der Waals surface area contributed by atoms with Crippen LogP contribution in [0.1, 0.15) is 24.2 Å². The second kappa shape index (κ2) is 6.54. The highest BCUT2D eigenvalue weighted by Crippen LogP contribution is 2.25. The fourth-order valence-corrected chi connectivity index (χ4v) is 3.63. The highest BCUT2D eigenvalue weighted by molar-refractivity contribution is 6.31. The Hall–Kier alpha value is -1.91. The Morgan fingerprint density at radius 2 is 1.79 bits per heavy atom. The van der Waals surface area contributed by atoms with Gasteiger partial charge < -0.3 is 4.57 Å². The molecule has 0 spiro atoms. The van der Waals surface area contributed by atoms with Gasteiger partial charge in [-0.1, -0.05) is 29.8 Å². The van der Waals surface area contributed by atoms with Crippen LogP contribution < -0.4 is 0 Å². The first-order valence-electron chi connectivity index (χ1n) is 8.32. The minimum absolute atomic E-state index is 0.271. The van der Waals surface area contributed by atoms with Gasteiger partial charge in [0.25, 0.3) is 0 Å². The van der Waals surface area contributed by atoms with Gasteiger partial charge in [-0.25, -0.2) is 9.37 Å². The van der Waals surface area contributed by atoms with Gasteiger partial charge in [0.2, 0.25) is 0 Å². The minimum atomic E-state index is -0.271. The van der Waals surface area contributed by atoms with Crippen molar-refractivity contribution in [3.05, 3.63) is 64.7 Å². The third-order valence-corrected chi connectivity index (χ3v) is 5.03. The fourth-order valence-electron chi connectivity index (χ4n) is 3.40. The van der Waals surface area contributed by atoms with Crippen molar-refractivity contribution in [2.24, 2.45) is 0 Å². The van der Waals surface area contributed by atoms with E-state index in [4.69, 9.17) is 16.6 Å². The number of hydrogen-bond acceptors (Lipinski definition) is 2. The molecule has 124 valence electrons. The van der Waals surface area contributed by atoms with Gasteiger partial charge in [-0.3, -0.25) is 4.90 Å². The lowest BCUT2D eigenvalue weighted by molar-refractivity contribution is 0.318. The molecule has 0 unspecified atom stereocenters. The summed E-state index contributed by atoms with van der Waals surface area (Å²) in [5.74, 6) is 0.699. The molecule has 1 aromatic heterocycles. The van der Waals surface area contributed by atoms with Crippen LogP contribution in [-0.4, -0.2) is 27.5 Å². The van der Waals surface area contributed by atoms with Crippen LogP contribution in [0.3, 0.4) is 0 Å². The average molecular weight is 344 g/mol. The maximum Gasteiger partial charge on any atom is 0.129 e. The zero-order valence-corrected chi connectivity index (χ0v) is 14.1. The summed E-state index contributed by atoms with van der Waals surface area (Å²) >= 11 is 6.24. The normalized spacial score (nSPS) is 15.4. The molecule has 0 aliphatic carbocycles. The van der Waals surface area contributed by atoms with Crippen LogP contribution >= 0.6 is 11.6 Å². The largest absolute Gasteiger partial charge is 0.322 e. The first-order chi connectivity index (χ1) is 11.7. The number of benzene rings is 2. The van der Waals surface area contributed by atoms with Crippen molar-refractivity contribution in [3.8, 4) is 0 Å². The molecular formula is C19H19ClFN3. The summed E-state index contributed by atoms with van der Waals surface area (Å²) in [7, 11) is 0. The lowest BCUT2D eigenvalue weighted by Crippen LogP contribution is -2.21. The first kappa shape index (κ1) is 15.6. The zero-order chi connectivity index (χ0) is 16.5. The number of rotatable bonds is 4. The molecule has 4 rings (SSSR count). The maximum atomic E-state index is 14.3. The van der Waals surface area contributed by atoms with E-state index < -0.39 is 0 Å². The topological polar surface area (TPSA) is 21.1 Å². The summed E-state index contributed by atoms with van der Waals surface area (Å²) in [6.45, 7) is 3.39. The number of halogens is 2. The molecule has 1 aliphatic heterocycles. The summed E-state index contributed by atoms with van der Waals surface area (Å²) in [5.41, 5.74) is 2.48. The predicted octanol–water partition coefficient (Wildman–Crippen LogP) is 4.47. The summed E-state index contributed by atoms with van der Waals surface area (Å²) in [4.78, 5) is 7.19. The molecule has 1 aliphatic rings. The molecule has 0 bridgehead atoms. The monoisotopic (exact) mass is 343 g/mol. The Morgan fingerprint density at radius 1 is 1.00 bits per heavy atom. The van der Waals surface area contributed by atoms with Crippen molar-refractivity contribution in [2.75, 3.05) is 13.1 Å². The Morgan fingerprint density at radius 3 is 2.58 bits per heavy atom. The van der Waals surface area contributed by atoms with E-state index in [1.54, 1.807) is 12.1 Å². The molecule has 3 aromatic rings. The number of hydrogen-bond donors (Lipinski definition) is 0. The molecular weight excluding hydrogens is 325 g/mol. The number of aromatic nitrogens is 2. The fraction of sp³-hybridized carbons (Fsp3) is 0.316. The van der Waals surface area contributed by atoms with Gasteiger partial charge >= 0.3 is 0 Å². The molecule has 0 N–H and O–H groups in total. The van der Waals surface area contributed by atoms with Crippen molar-refractivity contribution < 1.29 is 4.39 Å². The Kier molecular flexibility index (Phi) is 4.25. The second-order valence-corrected chi connectivity index (χ2v) is 6.69. The number of imidazole rings is 1. The Labute approximate surface area is 145 Å². The van der Waals surface area contributed by atoms with Gasteiger partial charge in [0, 0.05) is 10.6 Å². The molecule has 3 nitrogen and oxygen atoms in total. The van der Waals surface area contributed by atoms with Crippen LogP contribution in [0.5, 0.6) is 0 Å². The Bertz CT molecular complexity index is 848. The lowest BCUT2D eigenvalue weighted by atomic mass is 10.2. The zero-order valence-electron chi connectivity index (χ0n) is 13.4. The van der Waals surface area contributed by atoms with E-state index in [9.17, 15) is 4.39 Å². The molecule has 0 amide bonds. The van der Waals surface area contributed by atoms with Crippen molar-refractivity contribution in [3.63, 3.8) is 0 Å². The van der Waals surface area contributed by atoms with E-state index in [0.717, 1.165) is 36.5 Å². The maximum absolute atomic E-state index is 14.3. The van der Waals surface area contributed by atoms with Crippen molar-refractivity contribution in [1.29, 1.82) is 0 Å². The van der Waals surface area contributed by atoms with Crippen LogP contribution in [0, 0.1) is 5.82 Å². The molecule has 0 atom stereocenters. The number of fused-ring (bicyclic) bond motifs is 1. The number of nitrogens with zero attached hydrogens (tertiary/aromatic N) is 3. The van der Waals surface area contributed by atoms with Gasteiger partial charge in [-0.05, 0) is 50.2 Å². The van der Waals surface area contributed by atoms with Crippen molar-refractivity contribution in [2.45, 2.75) is 25.9 Å². The standard InChI is InChI=1S/C19H19ClFN3/c20-15-6-5-7-16(21)14(15)12-24-18-9-2-1-8-17(18)22-19(24)13-23-10-3-4-11-23/h1-2,5-9H,3-4,10-13H2. The van der Waals surface area contributed by atoms with Crippen LogP contribution in [0.4, 0.5) is 4.39 Å². The van der Waals surface area contributed by atoms with Crippen LogP contribution in [-0.2, 0) is 13.1 Å². The summed E-state index contributed by atoms with van der Waals surface area (Å²) in [6, 6.07) is 12.8. The highest BCUT2D eigenvalue weighted by Gasteiger charge is 2.18. The van der Waals surface area contributed by atoms with Crippen molar-refractivity contribution in [1.82, 2.24) is 14.5 Å². The van der Waals surface area contributed by atoms with E-state index in [2.05, 4.69) is 9.47 Å². The summed E-state index contributed by atoms with van der Waals surface area (Å²) in [6.07, 6.45) is 2.47. The van der Waals surface area contributed by atoms with E-state index in [-0.39, 0.29) is 5.82 Å². The quantitative estimate of drug-likeness (QED) is 0.696. The number of para-hydroxylation sites is 2. The van der Waals surface area contributed by atoms with Gasteiger partial charge in [-0.2, -0.15) is 0 Å². The SMILES string of the molecule is Fc1cccc(Cl)c1Cn1c(CN2CCCC2)nc2ccccc21. The molecule has 0 radical (unpaired) electrons. The van der Waals surface area contributed by atoms with Gasteiger partial charge in [0.15, 0.2) is 0 Å². The summed E-state index contributed by atoms with van der Waals surface area (Å²) in [5, 5.41) is 0.458. The molecule has 24 heavy (non-hydrogen) atoms. The molecule has 2 aromatic carbocycles. The van der Waals surface area contributed by atoms with E-state index in [0.29, 0.717) is 17.1 Å². The predicted molar refractivity (Wildman–Crippen MR) is 94.8 cm³/mol. The highest BCUT2D eigenvalue weighted by atomic mass is 35.5. The molecule has 1 saturated heterocycles. The third kappa shape index (κ3) is 2.92. The van der Waals surface area contributed by atoms with Gasteiger partial charge in [-0.15, -0.1) is 0 Å². The molecule has 5 heteroatoms. The second-order valence-electron chi connectivity index (χ2n) is 6.29. The molecule has 0 saturated carbocycles. The minimum Gasteiger partial charge on any atom is -0.322 e. The van der Waals surface area contributed by atoms with Crippen LogP contribution in [0.2, 0.25) is 5.02 Å². The van der Waals surface area contributed by atoms with Gasteiger partial charge in [0.1, 0.15) is 11.6 Å². The van der Waals surface area contributed by atoms with Crippen LogP contribution in [0.15, 0.2) is 42.5 Å². The first-order valence-corrected chi connectivity index (χ1v) is 8.69. The third-order valence-electron chi connectivity index (χ3n) is 4.68. The van der Waals surface area contributed by atoms with Crippen LogP contribution in [0.25, 0.3) is 11.0 Å². The van der Waals surface area contributed by atoms with E-state index in [1.807, 2.05) is 24.3 Å². The number of likely N-dealkylation sites (tertiary alicyclic amines) is 1. The smallest absolute Gasteiger partial charge is 0.129 e. The summed E-state index contributed by atoms with van der Waals surface area (Å²) < 4.78 is 16.3.